The van der Waals surface area contributed by atoms with Gasteiger partial charge in [-0.1, -0.05) is 0 Å². The SMILES string of the molecule is Cl.O=C(CNCC1CCCO1)Nc1ccc2c(c1)OCCO2. The normalized spacial score (nSPS) is 19.4. The van der Waals surface area contributed by atoms with Crippen molar-refractivity contribution < 1.29 is 19.0 Å². The Balaban J connectivity index is 0.00000176. The largest absolute Gasteiger partial charge is 0.486 e. The number of fused-ring (bicyclic) bond motifs is 1. The third-order valence-corrected chi connectivity index (χ3v) is 3.51. The van der Waals surface area contributed by atoms with Gasteiger partial charge in [0.15, 0.2) is 11.5 Å². The molecule has 7 heteroatoms. The molecule has 0 aromatic heterocycles. The number of carbonyl (C=O) groups excluding carboxylic acids is 1. The zero-order valence-electron chi connectivity index (χ0n) is 12.3. The number of ether oxygens (including phenoxy) is 3. The summed E-state index contributed by atoms with van der Waals surface area (Å²) in [6, 6.07) is 5.40. The summed E-state index contributed by atoms with van der Waals surface area (Å²) < 4.78 is 16.4. The highest BCUT2D eigenvalue weighted by Gasteiger charge is 2.16. The van der Waals surface area contributed by atoms with Gasteiger partial charge in [-0.25, -0.2) is 0 Å². The molecule has 22 heavy (non-hydrogen) atoms. The Labute approximate surface area is 135 Å². The Morgan fingerprint density at radius 3 is 2.77 bits per heavy atom. The van der Waals surface area contributed by atoms with E-state index in [4.69, 9.17) is 14.2 Å². The van der Waals surface area contributed by atoms with E-state index >= 15 is 0 Å². The van der Waals surface area contributed by atoms with Crippen LogP contribution in [0, 0.1) is 0 Å². The minimum atomic E-state index is -0.0790. The van der Waals surface area contributed by atoms with Crippen LogP contribution < -0.4 is 20.1 Å². The molecule has 2 aliphatic rings. The molecule has 2 aliphatic heterocycles. The van der Waals surface area contributed by atoms with E-state index in [0.29, 0.717) is 31.2 Å². The molecule has 122 valence electrons. The number of rotatable bonds is 5. The van der Waals surface area contributed by atoms with Crippen LogP contribution >= 0.6 is 12.4 Å². The van der Waals surface area contributed by atoms with Crippen LogP contribution in [-0.4, -0.2) is 44.9 Å². The zero-order valence-corrected chi connectivity index (χ0v) is 13.1. The van der Waals surface area contributed by atoms with Gasteiger partial charge in [-0.2, -0.15) is 0 Å². The number of benzene rings is 1. The maximum absolute atomic E-state index is 11.9. The van der Waals surface area contributed by atoms with Gasteiger partial charge in [-0.05, 0) is 25.0 Å². The summed E-state index contributed by atoms with van der Waals surface area (Å²) in [4.78, 5) is 11.9. The quantitative estimate of drug-likeness (QED) is 0.859. The average Bonchev–Trinajstić information content (AvgIpc) is 3.00. The molecule has 6 nitrogen and oxygen atoms in total. The minimum Gasteiger partial charge on any atom is -0.486 e. The summed E-state index contributed by atoms with van der Waals surface area (Å²) in [5, 5.41) is 5.96. The van der Waals surface area contributed by atoms with Crippen LogP contribution in [0.4, 0.5) is 5.69 Å². The third-order valence-electron chi connectivity index (χ3n) is 3.51. The molecule has 1 amide bonds. The molecule has 1 saturated heterocycles. The summed E-state index contributed by atoms with van der Waals surface area (Å²) in [7, 11) is 0. The van der Waals surface area contributed by atoms with Crippen LogP contribution in [0.3, 0.4) is 0 Å². The number of anilines is 1. The standard InChI is InChI=1S/C15H20N2O4.ClH/c18-15(10-16-9-12-2-1-5-19-12)17-11-3-4-13-14(8-11)21-7-6-20-13;/h3-4,8,12,16H,1-2,5-7,9-10H2,(H,17,18);1H. The Hall–Kier alpha value is -1.50. The maximum Gasteiger partial charge on any atom is 0.238 e. The van der Waals surface area contributed by atoms with Crippen molar-refractivity contribution in [3.63, 3.8) is 0 Å². The highest BCUT2D eigenvalue weighted by atomic mass is 35.5. The van der Waals surface area contributed by atoms with Crippen LogP contribution in [0.25, 0.3) is 0 Å². The Kier molecular flexibility index (Phi) is 6.30. The van der Waals surface area contributed by atoms with Crippen molar-refractivity contribution in [1.29, 1.82) is 0 Å². The van der Waals surface area contributed by atoms with Gasteiger partial charge in [-0.15, -0.1) is 12.4 Å². The number of halogens is 1. The first-order valence-corrected chi connectivity index (χ1v) is 7.33. The second kappa shape index (κ2) is 8.22. The lowest BCUT2D eigenvalue weighted by molar-refractivity contribution is -0.115. The molecule has 1 unspecified atom stereocenters. The van der Waals surface area contributed by atoms with Crippen molar-refractivity contribution in [2.45, 2.75) is 18.9 Å². The van der Waals surface area contributed by atoms with Gasteiger partial charge in [0.25, 0.3) is 0 Å². The highest BCUT2D eigenvalue weighted by Crippen LogP contribution is 2.32. The van der Waals surface area contributed by atoms with Gasteiger partial charge in [0, 0.05) is 24.9 Å². The predicted octanol–water partition coefficient (Wildman–Crippen LogP) is 1.59. The van der Waals surface area contributed by atoms with Gasteiger partial charge >= 0.3 is 0 Å². The first kappa shape index (κ1) is 16.9. The van der Waals surface area contributed by atoms with Gasteiger partial charge in [-0.3, -0.25) is 4.79 Å². The Morgan fingerprint density at radius 1 is 1.18 bits per heavy atom. The van der Waals surface area contributed by atoms with E-state index in [9.17, 15) is 4.79 Å². The molecule has 0 spiro atoms. The second-order valence-corrected chi connectivity index (χ2v) is 5.17. The maximum atomic E-state index is 11.9. The lowest BCUT2D eigenvalue weighted by Gasteiger charge is -2.19. The molecule has 1 fully saturated rings. The summed E-state index contributed by atoms with van der Waals surface area (Å²) in [6.07, 6.45) is 2.42. The molecular weight excluding hydrogens is 308 g/mol. The monoisotopic (exact) mass is 328 g/mol. The molecule has 1 aromatic rings. The summed E-state index contributed by atoms with van der Waals surface area (Å²) in [6.45, 7) is 2.91. The van der Waals surface area contributed by atoms with Crippen LogP contribution in [-0.2, 0) is 9.53 Å². The minimum absolute atomic E-state index is 0. The van der Waals surface area contributed by atoms with Crippen molar-refractivity contribution in [2.75, 3.05) is 38.2 Å². The molecule has 2 heterocycles. The average molecular weight is 329 g/mol. The van der Waals surface area contributed by atoms with E-state index in [-0.39, 0.29) is 31.0 Å². The number of amides is 1. The van der Waals surface area contributed by atoms with Gasteiger partial charge < -0.3 is 24.8 Å². The van der Waals surface area contributed by atoms with E-state index in [1.54, 1.807) is 6.07 Å². The van der Waals surface area contributed by atoms with Gasteiger partial charge in [0.1, 0.15) is 13.2 Å². The molecule has 0 aliphatic carbocycles. The summed E-state index contributed by atoms with van der Waals surface area (Å²) in [5.74, 6) is 1.31. The van der Waals surface area contributed by atoms with Crippen molar-refractivity contribution in [3.05, 3.63) is 18.2 Å². The molecule has 1 aromatic carbocycles. The smallest absolute Gasteiger partial charge is 0.238 e. The van der Waals surface area contributed by atoms with E-state index in [0.717, 1.165) is 25.2 Å². The second-order valence-electron chi connectivity index (χ2n) is 5.17. The molecule has 0 radical (unpaired) electrons. The third kappa shape index (κ3) is 4.50. The first-order valence-electron chi connectivity index (χ1n) is 7.33. The van der Waals surface area contributed by atoms with Gasteiger partial charge in [0.2, 0.25) is 5.91 Å². The number of hydrogen-bond donors (Lipinski definition) is 2. The fourth-order valence-corrected chi connectivity index (χ4v) is 2.48. The Morgan fingerprint density at radius 2 is 2.00 bits per heavy atom. The number of carbonyl (C=O) groups is 1. The van der Waals surface area contributed by atoms with Crippen molar-refractivity contribution in [2.24, 2.45) is 0 Å². The zero-order chi connectivity index (χ0) is 14.5. The van der Waals surface area contributed by atoms with E-state index in [1.165, 1.54) is 0 Å². The number of hydrogen-bond acceptors (Lipinski definition) is 5. The molecule has 0 saturated carbocycles. The summed E-state index contributed by atoms with van der Waals surface area (Å²) in [5.41, 5.74) is 0.711. The lowest BCUT2D eigenvalue weighted by Crippen LogP contribution is -2.33. The van der Waals surface area contributed by atoms with Crippen LogP contribution in [0.2, 0.25) is 0 Å². The topological polar surface area (TPSA) is 68.8 Å². The van der Waals surface area contributed by atoms with Crippen LogP contribution in [0.1, 0.15) is 12.8 Å². The molecule has 1 atom stereocenters. The summed E-state index contributed by atoms with van der Waals surface area (Å²) >= 11 is 0. The molecular formula is C15H21ClN2O4. The van der Waals surface area contributed by atoms with E-state index < -0.39 is 0 Å². The fraction of sp³-hybridized carbons (Fsp3) is 0.533. The van der Waals surface area contributed by atoms with Crippen molar-refractivity contribution >= 4 is 24.0 Å². The van der Waals surface area contributed by atoms with E-state index in [2.05, 4.69) is 10.6 Å². The van der Waals surface area contributed by atoms with Crippen molar-refractivity contribution in [1.82, 2.24) is 5.32 Å². The molecule has 2 N–H and O–H groups in total. The molecule has 3 rings (SSSR count). The van der Waals surface area contributed by atoms with E-state index in [1.807, 2.05) is 12.1 Å². The van der Waals surface area contributed by atoms with Crippen molar-refractivity contribution in [3.8, 4) is 11.5 Å². The highest BCUT2D eigenvalue weighted by molar-refractivity contribution is 5.92. The van der Waals surface area contributed by atoms with Crippen LogP contribution in [0.5, 0.6) is 11.5 Å². The van der Waals surface area contributed by atoms with Crippen LogP contribution in [0.15, 0.2) is 18.2 Å². The lowest BCUT2D eigenvalue weighted by atomic mass is 10.2. The molecule has 0 bridgehead atoms. The van der Waals surface area contributed by atoms with Gasteiger partial charge in [0.05, 0.1) is 12.6 Å². The number of nitrogens with one attached hydrogen (secondary N) is 2. The fourth-order valence-electron chi connectivity index (χ4n) is 2.48. The first-order chi connectivity index (χ1) is 10.3. The Bertz CT molecular complexity index is 506. The predicted molar refractivity (Wildman–Crippen MR) is 85.2 cm³/mol.